The molecule has 14 heavy (non-hydrogen) atoms. The predicted molar refractivity (Wildman–Crippen MR) is 60.2 cm³/mol. The fourth-order valence-corrected chi connectivity index (χ4v) is 2.33. The molecule has 1 aromatic carbocycles. The van der Waals surface area contributed by atoms with E-state index in [4.69, 9.17) is 0 Å². The molecule has 0 aliphatic carbocycles. The van der Waals surface area contributed by atoms with Gasteiger partial charge in [0.25, 0.3) is 0 Å². The summed E-state index contributed by atoms with van der Waals surface area (Å²) in [6.07, 6.45) is 3.73. The topological polar surface area (TPSA) is 3.24 Å². The summed E-state index contributed by atoms with van der Waals surface area (Å²) < 4.78 is 13.9. The van der Waals surface area contributed by atoms with E-state index >= 15 is 0 Å². The monoisotopic (exact) mass is 257 g/mol. The van der Waals surface area contributed by atoms with Crippen LogP contribution in [-0.4, -0.2) is 13.1 Å². The van der Waals surface area contributed by atoms with Crippen LogP contribution in [0.1, 0.15) is 19.3 Å². The maximum absolute atomic E-state index is 13.1. The summed E-state index contributed by atoms with van der Waals surface area (Å²) in [5.41, 5.74) is 0.997. The summed E-state index contributed by atoms with van der Waals surface area (Å²) in [6, 6.07) is 5.08. The van der Waals surface area contributed by atoms with E-state index in [9.17, 15) is 4.39 Å². The van der Waals surface area contributed by atoms with Crippen LogP contribution in [0.2, 0.25) is 0 Å². The van der Waals surface area contributed by atoms with Gasteiger partial charge in [-0.3, -0.25) is 0 Å². The van der Waals surface area contributed by atoms with Crippen LogP contribution >= 0.6 is 15.9 Å². The van der Waals surface area contributed by atoms with Gasteiger partial charge in [0.2, 0.25) is 0 Å². The van der Waals surface area contributed by atoms with Crippen molar-refractivity contribution in [3.63, 3.8) is 0 Å². The molecule has 1 aliphatic rings. The standard InChI is InChI=1S/C11H13BrFN/c12-9-6-10(13)8-11(7-9)14-4-2-1-3-5-14/h6-8H,1-5H2. The van der Waals surface area contributed by atoms with Gasteiger partial charge in [0.15, 0.2) is 0 Å². The lowest BCUT2D eigenvalue weighted by molar-refractivity contribution is 0.574. The zero-order valence-corrected chi connectivity index (χ0v) is 9.56. The third-order valence-corrected chi connectivity index (χ3v) is 3.03. The number of benzene rings is 1. The van der Waals surface area contributed by atoms with Crippen LogP contribution in [0.5, 0.6) is 0 Å². The Balaban J connectivity index is 2.21. The maximum Gasteiger partial charge on any atom is 0.126 e. The third-order valence-electron chi connectivity index (χ3n) is 2.57. The lowest BCUT2D eigenvalue weighted by atomic mass is 10.1. The van der Waals surface area contributed by atoms with Crippen LogP contribution in [0.15, 0.2) is 22.7 Å². The quantitative estimate of drug-likeness (QED) is 0.744. The Bertz CT molecular complexity index is 301. The molecule has 0 atom stereocenters. The van der Waals surface area contributed by atoms with E-state index in [1.165, 1.54) is 25.3 Å². The summed E-state index contributed by atoms with van der Waals surface area (Å²) in [5, 5.41) is 0. The average molecular weight is 258 g/mol. The second-order valence-corrected chi connectivity index (χ2v) is 4.59. The number of anilines is 1. The lowest BCUT2D eigenvalue weighted by Crippen LogP contribution is -2.29. The molecule has 0 bridgehead atoms. The lowest BCUT2D eigenvalue weighted by Gasteiger charge is -2.28. The van der Waals surface area contributed by atoms with Crippen molar-refractivity contribution in [2.75, 3.05) is 18.0 Å². The summed E-state index contributed by atoms with van der Waals surface area (Å²) in [7, 11) is 0. The molecule has 1 aromatic rings. The van der Waals surface area contributed by atoms with Crippen molar-refractivity contribution in [3.8, 4) is 0 Å². The first-order valence-corrected chi connectivity index (χ1v) is 5.76. The van der Waals surface area contributed by atoms with E-state index in [0.717, 1.165) is 23.2 Å². The highest BCUT2D eigenvalue weighted by Crippen LogP contribution is 2.24. The van der Waals surface area contributed by atoms with Crippen LogP contribution in [-0.2, 0) is 0 Å². The van der Waals surface area contributed by atoms with Gasteiger partial charge in [0.1, 0.15) is 5.82 Å². The minimum absolute atomic E-state index is 0.167. The molecule has 3 heteroatoms. The summed E-state index contributed by atoms with van der Waals surface area (Å²) >= 11 is 3.31. The highest BCUT2D eigenvalue weighted by molar-refractivity contribution is 9.10. The highest BCUT2D eigenvalue weighted by Gasteiger charge is 2.11. The van der Waals surface area contributed by atoms with Crippen LogP contribution < -0.4 is 4.90 Å². The van der Waals surface area contributed by atoms with E-state index in [0.29, 0.717) is 0 Å². The SMILES string of the molecule is Fc1cc(Br)cc(N2CCCCC2)c1. The Labute approximate surface area is 92.0 Å². The van der Waals surface area contributed by atoms with Crippen molar-refractivity contribution >= 4 is 21.6 Å². The van der Waals surface area contributed by atoms with Gasteiger partial charge in [-0.1, -0.05) is 15.9 Å². The molecule has 1 saturated heterocycles. The first kappa shape index (κ1) is 9.97. The molecule has 0 radical (unpaired) electrons. The summed E-state index contributed by atoms with van der Waals surface area (Å²) in [4.78, 5) is 2.25. The number of hydrogen-bond acceptors (Lipinski definition) is 1. The molecule has 1 fully saturated rings. The number of piperidine rings is 1. The van der Waals surface area contributed by atoms with E-state index in [2.05, 4.69) is 20.8 Å². The number of nitrogens with zero attached hydrogens (tertiary/aromatic N) is 1. The van der Waals surface area contributed by atoms with Crippen molar-refractivity contribution in [2.24, 2.45) is 0 Å². The van der Waals surface area contributed by atoms with Gasteiger partial charge < -0.3 is 4.90 Å². The van der Waals surface area contributed by atoms with Crippen LogP contribution in [0.25, 0.3) is 0 Å². The highest BCUT2D eigenvalue weighted by atomic mass is 79.9. The number of hydrogen-bond donors (Lipinski definition) is 0. The van der Waals surface area contributed by atoms with Crippen LogP contribution in [0.3, 0.4) is 0 Å². The molecule has 2 rings (SSSR count). The second kappa shape index (κ2) is 4.30. The largest absolute Gasteiger partial charge is 0.371 e. The van der Waals surface area contributed by atoms with Gasteiger partial charge in [-0.25, -0.2) is 4.39 Å². The summed E-state index contributed by atoms with van der Waals surface area (Å²) in [5.74, 6) is -0.167. The van der Waals surface area contributed by atoms with Crippen molar-refractivity contribution in [3.05, 3.63) is 28.5 Å². The second-order valence-electron chi connectivity index (χ2n) is 3.68. The fraction of sp³-hybridized carbons (Fsp3) is 0.455. The van der Waals surface area contributed by atoms with Gasteiger partial charge in [0.05, 0.1) is 0 Å². The molecule has 0 aromatic heterocycles. The van der Waals surface area contributed by atoms with E-state index in [-0.39, 0.29) is 5.82 Å². The van der Waals surface area contributed by atoms with Gasteiger partial charge >= 0.3 is 0 Å². The van der Waals surface area contributed by atoms with Crippen molar-refractivity contribution in [1.82, 2.24) is 0 Å². The molecule has 76 valence electrons. The molecule has 0 spiro atoms. The molecule has 1 nitrogen and oxygen atoms in total. The minimum Gasteiger partial charge on any atom is -0.371 e. The Hall–Kier alpha value is -0.570. The maximum atomic E-state index is 13.1. The fourth-order valence-electron chi connectivity index (χ4n) is 1.87. The minimum atomic E-state index is -0.167. The summed E-state index contributed by atoms with van der Waals surface area (Å²) in [6.45, 7) is 2.10. The van der Waals surface area contributed by atoms with Crippen molar-refractivity contribution < 1.29 is 4.39 Å². The molecule has 1 heterocycles. The molecule has 1 aliphatic heterocycles. The zero-order valence-electron chi connectivity index (χ0n) is 7.97. The average Bonchev–Trinajstić information content (AvgIpc) is 2.18. The molecule has 0 amide bonds. The first-order valence-electron chi connectivity index (χ1n) is 4.97. The Morgan fingerprint density at radius 2 is 1.79 bits per heavy atom. The van der Waals surface area contributed by atoms with Gasteiger partial charge in [-0.15, -0.1) is 0 Å². The Morgan fingerprint density at radius 1 is 1.07 bits per heavy atom. The first-order chi connectivity index (χ1) is 6.75. The smallest absolute Gasteiger partial charge is 0.126 e. The van der Waals surface area contributed by atoms with Crippen molar-refractivity contribution in [2.45, 2.75) is 19.3 Å². The van der Waals surface area contributed by atoms with E-state index in [1.807, 2.05) is 6.07 Å². The molecular formula is C11H13BrFN. The zero-order chi connectivity index (χ0) is 9.97. The Morgan fingerprint density at radius 3 is 2.43 bits per heavy atom. The number of rotatable bonds is 1. The molecule has 0 unspecified atom stereocenters. The number of halogens is 2. The van der Waals surface area contributed by atoms with Gasteiger partial charge in [-0.05, 0) is 37.5 Å². The molecular weight excluding hydrogens is 245 g/mol. The van der Waals surface area contributed by atoms with E-state index < -0.39 is 0 Å². The van der Waals surface area contributed by atoms with Crippen molar-refractivity contribution in [1.29, 1.82) is 0 Å². The predicted octanol–water partition coefficient (Wildman–Crippen LogP) is 3.58. The van der Waals surface area contributed by atoms with Crippen LogP contribution in [0.4, 0.5) is 10.1 Å². The van der Waals surface area contributed by atoms with Gasteiger partial charge in [0, 0.05) is 23.2 Å². The van der Waals surface area contributed by atoms with E-state index in [1.54, 1.807) is 6.07 Å². The van der Waals surface area contributed by atoms with Crippen LogP contribution in [0, 0.1) is 5.82 Å². The normalized spacial score (nSPS) is 17.1. The van der Waals surface area contributed by atoms with Gasteiger partial charge in [-0.2, -0.15) is 0 Å². The molecule has 0 saturated carbocycles. The molecule has 0 N–H and O–H groups in total. The Kier molecular flexibility index (Phi) is 3.06. The third kappa shape index (κ3) is 2.27.